The van der Waals surface area contributed by atoms with Crippen LogP contribution in [-0.4, -0.2) is 28.5 Å². The van der Waals surface area contributed by atoms with E-state index in [1.165, 1.54) is 0 Å². The van der Waals surface area contributed by atoms with Gasteiger partial charge < -0.3 is 20.1 Å². The van der Waals surface area contributed by atoms with Crippen molar-refractivity contribution in [3.63, 3.8) is 0 Å². The SMILES string of the molecule is CC(C)CCNc1cnnc(NCc2ccc3c(c2)OCO3)n1. The average Bonchev–Trinajstić information content (AvgIpc) is 3.00. The summed E-state index contributed by atoms with van der Waals surface area (Å²) in [6.07, 6.45) is 2.72. The van der Waals surface area contributed by atoms with Gasteiger partial charge in [-0.25, -0.2) is 0 Å². The quantitative estimate of drug-likeness (QED) is 0.813. The molecule has 1 aromatic carbocycles. The molecule has 0 atom stereocenters. The first kappa shape index (κ1) is 15.3. The highest BCUT2D eigenvalue weighted by molar-refractivity contribution is 5.45. The van der Waals surface area contributed by atoms with Crippen molar-refractivity contribution in [2.24, 2.45) is 5.92 Å². The molecular weight excluding hydrogens is 294 g/mol. The minimum Gasteiger partial charge on any atom is -0.454 e. The highest BCUT2D eigenvalue weighted by atomic mass is 16.7. The molecule has 1 aromatic heterocycles. The molecule has 1 aliphatic heterocycles. The van der Waals surface area contributed by atoms with Crippen LogP contribution < -0.4 is 20.1 Å². The lowest BCUT2D eigenvalue weighted by Crippen LogP contribution is -2.10. The highest BCUT2D eigenvalue weighted by Crippen LogP contribution is 2.32. The number of ether oxygens (including phenoxy) is 2. The van der Waals surface area contributed by atoms with Crippen LogP contribution in [0.15, 0.2) is 24.4 Å². The zero-order chi connectivity index (χ0) is 16.1. The fourth-order valence-corrected chi connectivity index (χ4v) is 2.18. The van der Waals surface area contributed by atoms with Crippen molar-refractivity contribution in [1.29, 1.82) is 0 Å². The van der Waals surface area contributed by atoms with Gasteiger partial charge in [0.1, 0.15) is 5.82 Å². The number of hydrogen-bond donors (Lipinski definition) is 2. The van der Waals surface area contributed by atoms with Crippen LogP contribution in [0.3, 0.4) is 0 Å². The van der Waals surface area contributed by atoms with E-state index in [0.717, 1.165) is 35.8 Å². The van der Waals surface area contributed by atoms with Gasteiger partial charge in [-0.3, -0.25) is 0 Å². The summed E-state index contributed by atoms with van der Waals surface area (Å²) >= 11 is 0. The Hall–Kier alpha value is -2.57. The van der Waals surface area contributed by atoms with Crippen LogP contribution >= 0.6 is 0 Å². The van der Waals surface area contributed by atoms with Gasteiger partial charge in [-0.1, -0.05) is 19.9 Å². The van der Waals surface area contributed by atoms with E-state index in [1.54, 1.807) is 6.20 Å². The zero-order valence-corrected chi connectivity index (χ0v) is 13.4. The topological polar surface area (TPSA) is 81.2 Å². The lowest BCUT2D eigenvalue weighted by atomic mass is 10.1. The molecule has 0 unspecified atom stereocenters. The fraction of sp³-hybridized carbons (Fsp3) is 0.438. The number of anilines is 2. The Morgan fingerprint density at radius 1 is 1.17 bits per heavy atom. The van der Waals surface area contributed by atoms with Gasteiger partial charge in [0.05, 0.1) is 6.20 Å². The predicted octanol–water partition coefficient (Wildman–Crippen LogP) is 2.67. The van der Waals surface area contributed by atoms with Gasteiger partial charge in [0.15, 0.2) is 11.5 Å². The minimum absolute atomic E-state index is 0.281. The molecular formula is C16H21N5O2. The van der Waals surface area contributed by atoms with Gasteiger partial charge in [-0.15, -0.1) is 5.10 Å². The summed E-state index contributed by atoms with van der Waals surface area (Å²) < 4.78 is 10.7. The molecule has 3 rings (SSSR count). The van der Waals surface area contributed by atoms with Crippen molar-refractivity contribution < 1.29 is 9.47 Å². The molecule has 122 valence electrons. The van der Waals surface area contributed by atoms with E-state index < -0.39 is 0 Å². The number of aromatic nitrogens is 3. The second-order valence-corrected chi connectivity index (χ2v) is 5.82. The van der Waals surface area contributed by atoms with Crippen LogP contribution in [0.2, 0.25) is 0 Å². The number of rotatable bonds is 7. The molecule has 1 aliphatic rings. The molecule has 0 bridgehead atoms. The zero-order valence-electron chi connectivity index (χ0n) is 13.4. The molecule has 0 saturated carbocycles. The summed E-state index contributed by atoms with van der Waals surface area (Å²) in [7, 11) is 0. The van der Waals surface area contributed by atoms with Crippen LogP contribution in [0.1, 0.15) is 25.8 Å². The Morgan fingerprint density at radius 2 is 2.04 bits per heavy atom. The summed E-state index contributed by atoms with van der Waals surface area (Å²) in [5, 5.41) is 14.4. The Balaban J connectivity index is 1.55. The van der Waals surface area contributed by atoms with Crippen LogP contribution in [0.5, 0.6) is 11.5 Å². The molecule has 23 heavy (non-hydrogen) atoms. The number of hydrogen-bond acceptors (Lipinski definition) is 7. The van der Waals surface area contributed by atoms with E-state index in [1.807, 2.05) is 18.2 Å². The maximum Gasteiger partial charge on any atom is 0.244 e. The van der Waals surface area contributed by atoms with Crippen LogP contribution in [-0.2, 0) is 6.54 Å². The first-order valence-electron chi connectivity index (χ1n) is 7.76. The lowest BCUT2D eigenvalue weighted by molar-refractivity contribution is 0.174. The molecule has 2 aromatic rings. The second-order valence-electron chi connectivity index (χ2n) is 5.82. The Morgan fingerprint density at radius 3 is 2.91 bits per heavy atom. The molecule has 0 fully saturated rings. The van der Waals surface area contributed by atoms with Crippen molar-refractivity contribution in [1.82, 2.24) is 15.2 Å². The second kappa shape index (κ2) is 7.13. The minimum atomic E-state index is 0.281. The molecule has 0 aliphatic carbocycles. The van der Waals surface area contributed by atoms with Gasteiger partial charge in [-0.05, 0) is 30.0 Å². The molecule has 2 N–H and O–H groups in total. The average molecular weight is 315 g/mol. The monoisotopic (exact) mass is 315 g/mol. The summed E-state index contributed by atoms with van der Waals surface area (Å²) in [6, 6.07) is 5.84. The standard InChI is InChI=1S/C16H21N5O2/c1-11(2)5-6-17-15-9-19-21-16(20-15)18-8-12-3-4-13-14(7-12)23-10-22-13/h3-4,7,9,11H,5-6,8,10H2,1-2H3,(H2,17,18,20,21). The fourth-order valence-electron chi connectivity index (χ4n) is 2.18. The van der Waals surface area contributed by atoms with Gasteiger partial charge in [0.2, 0.25) is 12.7 Å². The highest BCUT2D eigenvalue weighted by Gasteiger charge is 2.13. The van der Waals surface area contributed by atoms with Crippen molar-refractivity contribution in [2.75, 3.05) is 24.0 Å². The van der Waals surface area contributed by atoms with E-state index in [9.17, 15) is 0 Å². The first-order valence-corrected chi connectivity index (χ1v) is 7.76. The van der Waals surface area contributed by atoms with E-state index in [4.69, 9.17) is 9.47 Å². The van der Waals surface area contributed by atoms with Gasteiger partial charge in [-0.2, -0.15) is 10.1 Å². The maximum atomic E-state index is 5.37. The molecule has 2 heterocycles. The Bertz CT molecular complexity index is 663. The van der Waals surface area contributed by atoms with E-state index >= 15 is 0 Å². The number of benzene rings is 1. The summed E-state index contributed by atoms with van der Waals surface area (Å²) in [5.74, 6) is 3.43. The van der Waals surface area contributed by atoms with Crippen molar-refractivity contribution >= 4 is 11.8 Å². The van der Waals surface area contributed by atoms with Crippen LogP contribution in [0, 0.1) is 5.92 Å². The van der Waals surface area contributed by atoms with Gasteiger partial charge in [0.25, 0.3) is 0 Å². The van der Waals surface area contributed by atoms with Gasteiger partial charge >= 0.3 is 0 Å². The van der Waals surface area contributed by atoms with Crippen molar-refractivity contribution in [2.45, 2.75) is 26.8 Å². The van der Waals surface area contributed by atoms with Crippen LogP contribution in [0.4, 0.5) is 11.8 Å². The largest absolute Gasteiger partial charge is 0.454 e. The maximum absolute atomic E-state index is 5.37. The molecule has 0 radical (unpaired) electrons. The molecule has 0 amide bonds. The first-order chi connectivity index (χ1) is 11.2. The summed E-state index contributed by atoms with van der Waals surface area (Å²) in [6.45, 7) is 6.13. The number of nitrogens with one attached hydrogen (secondary N) is 2. The van der Waals surface area contributed by atoms with Crippen molar-refractivity contribution in [3.8, 4) is 11.5 Å². The Labute approximate surface area is 135 Å². The normalized spacial score (nSPS) is 12.5. The predicted molar refractivity (Wildman–Crippen MR) is 87.7 cm³/mol. The number of nitrogens with zero attached hydrogens (tertiary/aromatic N) is 3. The Kier molecular flexibility index (Phi) is 4.75. The number of fused-ring (bicyclic) bond motifs is 1. The smallest absolute Gasteiger partial charge is 0.244 e. The third-order valence-corrected chi connectivity index (χ3v) is 3.47. The summed E-state index contributed by atoms with van der Waals surface area (Å²) in [5.41, 5.74) is 1.07. The van der Waals surface area contributed by atoms with Crippen molar-refractivity contribution in [3.05, 3.63) is 30.0 Å². The van der Waals surface area contributed by atoms with E-state index in [2.05, 4.69) is 39.7 Å². The lowest BCUT2D eigenvalue weighted by Gasteiger charge is -2.09. The van der Waals surface area contributed by atoms with E-state index in [0.29, 0.717) is 18.4 Å². The van der Waals surface area contributed by atoms with Crippen LogP contribution in [0.25, 0.3) is 0 Å². The summed E-state index contributed by atoms with van der Waals surface area (Å²) in [4.78, 5) is 4.41. The van der Waals surface area contributed by atoms with Gasteiger partial charge in [0, 0.05) is 13.1 Å². The third-order valence-electron chi connectivity index (χ3n) is 3.47. The molecule has 7 heteroatoms. The molecule has 7 nitrogen and oxygen atoms in total. The molecule has 0 spiro atoms. The molecule has 0 saturated heterocycles. The van der Waals surface area contributed by atoms with E-state index in [-0.39, 0.29) is 6.79 Å². The third kappa shape index (κ3) is 4.21.